The fourth-order valence-corrected chi connectivity index (χ4v) is 4.46. The molecule has 0 aliphatic carbocycles. The Hall–Kier alpha value is -3.31. The van der Waals surface area contributed by atoms with Crippen molar-refractivity contribution in [3.8, 4) is 5.75 Å². The highest BCUT2D eigenvalue weighted by atomic mass is 79.9. The molecule has 210 valence electrons. The number of hydrogen-bond acceptors (Lipinski definition) is 8. The topological polar surface area (TPSA) is 112 Å². The van der Waals surface area contributed by atoms with Crippen LogP contribution in [0.15, 0.2) is 53.4 Å². The Morgan fingerprint density at radius 3 is 2.62 bits per heavy atom. The van der Waals surface area contributed by atoms with Gasteiger partial charge in [-0.15, -0.1) is 0 Å². The molecule has 0 saturated heterocycles. The number of ether oxygens (including phenoxy) is 1. The fourth-order valence-electron chi connectivity index (χ4n) is 4.12. The first kappa shape index (κ1) is 30.2. The minimum Gasteiger partial charge on any atom is -0.492 e. The molecule has 2 aromatic heterocycles. The van der Waals surface area contributed by atoms with Crippen LogP contribution >= 0.6 is 15.9 Å². The first-order valence-corrected chi connectivity index (χ1v) is 13.9. The molecule has 1 unspecified atom stereocenters. The minimum atomic E-state index is -0.954. The van der Waals surface area contributed by atoms with Gasteiger partial charge in [-0.2, -0.15) is 0 Å². The maximum atomic E-state index is 13.2. The molecule has 0 spiro atoms. The number of pyridine rings is 1. The molecule has 1 aromatic carbocycles. The lowest BCUT2D eigenvalue weighted by molar-refractivity contribution is -0.138. The van der Waals surface area contributed by atoms with E-state index in [0.717, 1.165) is 43.7 Å². The quantitative estimate of drug-likeness (QED) is 0.183. The average molecular weight is 604 g/mol. The van der Waals surface area contributed by atoms with Crippen molar-refractivity contribution in [3.05, 3.63) is 70.5 Å². The number of aromatic nitrogens is 3. The van der Waals surface area contributed by atoms with E-state index in [0.29, 0.717) is 42.2 Å². The van der Waals surface area contributed by atoms with E-state index in [1.165, 1.54) is 24.0 Å². The molecule has 3 aromatic rings. The molecule has 1 atom stereocenters. The summed E-state index contributed by atoms with van der Waals surface area (Å²) in [5.41, 5.74) is 2.25. The van der Waals surface area contributed by atoms with E-state index in [1.807, 2.05) is 7.05 Å². The SMILES string of the molecule is CCc1ccc(CCCCN(CCOc2ccc(F)cc2)CCC(Nc2ncncc2Br)C(=O)O)nc1NC. The van der Waals surface area contributed by atoms with E-state index >= 15 is 0 Å². The smallest absolute Gasteiger partial charge is 0.326 e. The van der Waals surface area contributed by atoms with Gasteiger partial charge in [-0.25, -0.2) is 24.1 Å². The van der Waals surface area contributed by atoms with Gasteiger partial charge in [0.25, 0.3) is 0 Å². The number of anilines is 2. The number of carboxylic acid groups (broad SMARTS) is 1. The molecule has 0 aliphatic heterocycles. The van der Waals surface area contributed by atoms with E-state index in [4.69, 9.17) is 9.72 Å². The molecule has 0 fully saturated rings. The van der Waals surface area contributed by atoms with Gasteiger partial charge in [-0.05, 0) is 90.5 Å². The Balaban J connectivity index is 1.56. The van der Waals surface area contributed by atoms with Gasteiger partial charge >= 0.3 is 5.97 Å². The van der Waals surface area contributed by atoms with Crippen LogP contribution in [0.25, 0.3) is 0 Å². The van der Waals surface area contributed by atoms with Gasteiger partial charge in [-0.3, -0.25) is 4.90 Å². The lowest BCUT2D eigenvalue weighted by atomic mass is 10.1. The standard InChI is InChI=1S/C28H36BrFN6O3/c1-3-20-7-10-22(34-26(20)31-2)6-4-5-14-36(16-17-39-23-11-8-21(30)9-12-23)15-13-25(28(37)38)35-27-24(29)18-32-19-33-27/h7-12,18-19,25H,3-6,13-17H2,1-2H3,(H,31,34)(H,37,38)(H,32,33,35). The monoisotopic (exact) mass is 602 g/mol. The summed E-state index contributed by atoms with van der Waals surface area (Å²) in [6, 6.07) is 9.31. The predicted octanol–water partition coefficient (Wildman–Crippen LogP) is 5.04. The van der Waals surface area contributed by atoms with Gasteiger partial charge in [0.05, 0.1) is 4.47 Å². The van der Waals surface area contributed by atoms with Gasteiger partial charge in [-0.1, -0.05) is 13.0 Å². The molecule has 11 heteroatoms. The second-order valence-corrected chi connectivity index (χ2v) is 9.91. The van der Waals surface area contributed by atoms with E-state index in [9.17, 15) is 14.3 Å². The Bertz CT molecular complexity index is 1180. The molecule has 0 saturated carbocycles. The number of halogens is 2. The van der Waals surface area contributed by atoms with Crippen molar-refractivity contribution in [2.75, 3.05) is 43.9 Å². The maximum absolute atomic E-state index is 13.2. The predicted molar refractivity (Wildman–Crippen MR) is 154 cm³/mol. The van der Waals surface area contributed by atoms with E-state index in [2.05, 4.69) is 60.5 Å². The number of rotatable bonds is 17. The Morgan fingerprint density at radius 1 is 1.13 bits per heavy atom. The Morgan fingerprint density at radius 2 is 1.92 bits per heavy atom. The van der Waals surface area contributed by atoms with Crippen molar-refractivity contribution < 1.29 is 19.0 Å². The third kappa shape index (κ3) is 10.1. The summed E-state index contributed by atoms with van der Waals surface area (Å²) in [5.74, 6) is 0.692. The second kappa shape index (κ2) is 15.9. The van der Waals surface area contributed by atoms with Crippen molar-refractivity contribution in [1.82, 2.24) is 19.9 Å². The van der Waals surface area contributed by atoms with Crippen LogP contribution in [0, 0.1) is 5.82 Å². The van der Waals surface area contributed by atoms with Crippen LogP contribution in [0.1, 0.15) is 37.4 Å². The van der Waals surface area contributed by atoms with E-state index < -0.39 is 12.0 Å². The first-order chi connectivity index (χ1) is 18.9. The van der Waals surface area contributed by atoms with Gasteiger partial charge in [0.15, 0.2) is 0 Å². The second-order valence-electron chi connectivity index (χ2n) is 9.06. The molecule has 0 bridgehead atoms. The number of aliphatic carboxylic acids is 1. The molecule has 39 heavy (non-hydrogen) atoms. The lowest BCUT2D eigenvalue weighted by Crippen LogP contribution is -2.37. The number of carbonyl (C=O) groups is 1. The molecule has 0 aliphatic rings. The number of hydrogen-bond donors (Lipinski definition) is 3. The number of nitrogens with zero attached hydrogens (tertiary/aromatic N) is 4. The van der Waals surface area contributed by atoms with Gasteiger partial charge < -0.3 is 20.5 Å². The Kier molecular flexibility index (Phi) is 12.4. The molecular weight excluding hydrogens is 567 g/mol. The van der Waals surface area contributed by atoms with Crippen LogP contribution in [0.3, 0.4) is 0 Å². The summed E-state index contributed by atoms with van der Waals surface area (Å²) < 4.78 is 19.6. The minimum absolute atomic E-state index is 0.313. The number of nitrogens with one attached hydrogen (secondary N) is 2. The van der Waals surface area contributed by atoms with Gasteiger partial charge in [0.2, 0.25) is 0 Å². The highest BCUT2D eigenvalue weighted by Crippen LogP contribution is 2.19. The van der Waals surface area contributed by atoms with Gasteiger partial charge in [0, 0.05) is 32.0 Å². The van der Waals surface area contributed by atoms with E-state index in [-0.39, 0.29) is 5.82 Å². The molecule has 0 radical (unpaired) electrons. The third-order valence-corrected chi connectivity index (χ3v) is 6.89. The van der Waals surface area contributed by atoms with Gasteiger partial charge in [0.1, 0.15) is 42.2 Å². The molecule has 3 N–H and O–H groups in total. The van der Waals surface area contributed by atoms with Crippen molar-refractivity contribution in [2.45, 2.75) is 45.1 Å². The highest BCUT2D eigenvalue weighted by Gasteiger charge is 2.20. The summed E-state index contributed by atoms with van der Waals surface area (Å²) >= 11 is 3.35. The number of benzene rings is 1. The zero-order valence-corrected chi connectivity index (χ0v) is 24.0. The molecule has 2 heterocycles. The summed E-state index contributed by atoms with van der Waals surface area (Å²) in [7, 11) is 1.89. The van der Waals surface area contributed by atoms with Crippen LogP contribution < -0.4 is 15.4 Å². The zero-order chi connectivity index (χ0) is 28.0. The molecule has 0 amide bonds. The highest BCUT2D eigenvalue weighted by molar-refractivity contribution is 9.10. The zero-order valence-electron chi connectivity index (χ0n) is 22.4. The van der Waals surface area contributed by atoms with Crippen molar-refractivity contribution in [2.24, 2.45) is 0 Å². The van der Waals surface area contributed by atoms with Crippen LogP contribution in [0.5, 0.6) is 5.75 Å². The van der Waals surface area contributed by atoms with Crippen LogP contribution in [0.4, 0.5) is 16.0 Å². The molecular formula is C28H36BrFN6O3. The lowest BCUT2D eigenvalue weighted by Gasteiger charge is -2.25. The van der Waals surface area contributed by atoms with Crippen molar-refractivity contribution in [1.29, 1.82) is 0 Å². The molecule has 3 rings (SSSR count). The average Bonchev–Trinajstić information content (AvgIpc) is 2.94. The fraction of sp³-hybridized carbons (Fsp3) is 0.429. The third-order valence-electron chi connectivity index (χ3n) is 6.31. The van der Waals surface area contributed by atoms with Crippen molar-refractivity contribution >= 4 is 33.5 Å². The van der Waals surface area contributed by atoms with E-state index in [1.54, 1.807) is 18.3 Å². The maximum Gasteiger partial charge on any atom is 0.326 e. The summed E-state index contributed by atoms with van der Waals surface area (Å²) in [4.78, 5) is 26.9. The van der Waals surface area contributed by atoms with Crippen LogP contribution in [0.2, 0.25) is 0 Å². The number of unbranched alkanes of at least 4 members (excludes halogenated alkanes) is 1. The normalized spacial score (nSPS) is 11.8. The number of carboxylic acids is 1. The molecule has 9 nitrogen and oxygen atoms in total. The largest absolute Gasteiger partial charge is 0.492 e. The van der Waals surface area contributed by atoms with Crippen LogP contribution in [-0.4, -0.2) is 70.3 Å². The Labute approximate surface area is 237 Å². The van der Waals surface area contributed by atoms with Crippen molar-refractivity contribution in [3.63, 3.8) is 0 Å². The summed E-state index contributed by atoms with van der Waals surface area (Å²) in [6.07, 6.45) is 6.97. The summed E-state index contributed by atoms with van der Waals surface area (Å²) in [5, 5.41) is 16.0. The first-order valence-electron chi connectivity index (χ1n) is 13.1. The number of aryl methyl sites for hydroxylation is 2. The van der Waals surface area contributed by atoms with Crippen LogP contribution in [-0.2, 0) is 17.6 Å². The summed E-state index contributed by atoms with van der Waals surface area (Å²) in [6.45, 7) is 4.45.